The van der Waals surface area contributed by atoms with Gasteiger partial charge in [-0.3, -0.25) is 9.59 Å². The first-order valence-corrected chi connectivity index (χ1v) is 10.3. The summed E-state index contributed by atoms with van der Waals surface area (Å²) < 4.78 is 0. The Kier molecular flexibility index (Phi) is 6.63. The minimum atomic E-state index is 0.105. The second-order valence-electron chi connectivity index (χ2n) is 7.08. The zero-order valence-electron chi connectivity index (χ0n) is 16.1. The standard InChI is InChI=1S/C21H27N3O2S/c1-22(2)12-13-23-14-15-24(18-8-4-3-7-17(18)23)21(26)11-5-9-19(25)20-10-6-16-27-20/h3-4,6-8,10,16H,5,9,11-15H2,1-2H3. The largest absolute Gasteiger partial charge is 0.367 e. The van der Waals surface area contributed by atoms with E-state index >= 15 is 0 Å². The van der Waals surface area contributed by atoms with Crippen molar-refractivity contribution in [3.8, 4) is 0 Å². The highest BCUT2D eigenvalue weighted by molar-refractivity contribution is 7.12. The van der Waals surface area contributed by atoms with E-state index in [0.717, 1.165) is 35.9 Å². The minimum absolute atomic E-state index is 0.105. The number of anilines is 2. The van der Waals surface area contributed by atoms with Crippen LogP contribution in [0.3, 0.4) is 0 Å². The Balaban J connectivity index is 1.59. The van der Waals surface area contributed by atoms with Gasteiger partial charge in [-0.1, -0.05) is 18.2 Å². The summed E-state index contributed by atoms with van der Waals surface area (Å²) in [6.07, 6.45) is 1.43. The van der Waals surface area contributed by atoms with Crippen LogP contribution in [0.2, 0.25) is 0 Å². The van der Waals surface area contributed by atoms with Crippen molar-refractivity contribution in [1.29, 1.82) is 0 Å². The van der Waals surface area contributed by atoms with Crippen LogP contribution in [0.15, 0.2) is 41.8 Å². The molecular weight excluding hydrogens is 358 g/mol. The highest BCUT2D eigenvalue weighted by Crippen LogP contribution is 2.33. The monoisotopic (exact) mass is 385 g/mol. The molecule has 1 aliphatic rings. The number of carbonyl (C=O) groups excluding carboxylic acids is 2. The molecule has 0 unspecified atom stereocenters. The molecule has 1 amide bonds. The molecule has 0 saturated carbocycles. The maximum atomic E-state index is 12.8. The Morgan fingerprint density at radius 1 is 1.04 bits per heavy atom. The third kappa shape index (κ3) is 4.96. The summed E-state index contributed by atoms with van der Waals surface area (Å²) in [7, 11) is 4.15. The number of likely N-dealkylation sites (N-methyl/N-ethyl adjacent to an activating group) is 1. The van der Waals surface area contributed by atoms with Crippen molar-refractivity contribution in [2.75, 3.05) is 50.1 Å². The highest BCUT2D eigenvalue weighted by Gasteiger charge is 2.26. The van der Waals surface area contributed by atoms with Gasteiger partial charge in [0.2, 0.25) is 5.91 Å². The maximum Gasteiger partial charge on any atom is 0.227 e. The lowest BCUT2D eigenvalue weighted by Crippen LogP contribution is -2.45. The number of hydrogen-bond donors (Lipinski definition) is 0. The van der Waals surface area contributed by atoms with Gasteiger partial charge in [-0.15, -0.1) is 11.3 Å². The van der Waals surface area contributed by atoms with Gasteiger partial charge in [0.1, 0.15) is 0 Å². The molecule has 144 valence electrons. The van der Waals surface area contributed by atoms with E-state index in [0.29, 0.717) is 25.8 Å². The van der Waals surface area contributed by atoms with E-state index in [1.54, 1.807) is 0 Å². The SMILES string of the molecule is CN(C)CCN1CCN(C(=O)CCCC(=O)c2cccs2)c2ccccc21. The van der Waals surface area contributed by atoms with Gasteiger partial charge in [0.25, 0.3) is 0 Å². The van der Waals surface area contributed by atoms with Crippen LogP contribution in [0.25, 0.3) is 0 Å². The number of para-hydroxylation sites is 2. The van der Waals surface area contributed by atoms with Gasteiger partial charge < -0.3 is 14.7 Å². The summed E-state index contributed by atoms with van der Waals surface area (Å²) in [6.45, 7) is 3.46. The van der Waals surface area contributed by atoms with Crippen LogP contribution in [0.5, 0.6) is 0 Å². The average molecular weight is 386 g/mol. The van der Waals surface area contributed by atoms with Crippen LogP contribution in [0.4, 0.5) is 11.4 Å². The lowest BCUT2D eigenvalue weighted by Gasteiger charge is -2.38. The number of carbonyl (C=O) groups is 2. The van der Waals surface area contributed by atoms with Gasteiger partial charge in [0.15, 0.2) is 5.78 Å². The number of Topliss-reactive ketones (excluding diaryl/α,β-unsaturated/α-hetero) is 1. The first kappa shape index (κ1) is 19.6. The molecule has 0 radical (unpaired) electrons. The second-order valence-corrected chi connectivity index (χ2v) is 8.03. The Bertz CT molecular complexity index is 773. The molecule has 2 heterocycles. The van der Waals surface area contributed by atoms with Crippen molar-refractivity contribution in [2.45, 2.75) is 19.3 Å². The normalized spacial score (nSPS) is 13.7. The molecule has 3 rings (SSSR count). The van der Waals surface area contributed by atoms with E-state index in [1.165, 1.54) is 11.3 Å². The first-order chi connectivity index (χ1) is 13.1. The number of amides is 1. The topological polar surface area (TPSA) is 43.9 Å². The van der Waals surface area contributed by atoms with Crippen molar-refractivity contribution in [3.63, 3.8) is 0 Å². The smallest absolute Gasteiger partial charge is 0.227 e. The van der Waals surface area contributed by atoms with Crippen molar-refractivity contribution in [1.82, 2.24) is 4.90 Å². The predicted octanol–water partition coefficient (Wildman–Crippen LogP) is 3.52. The molecule has 0 N–H and O–H groups in total. The Morgan fingerprint density at radius 3 is 2.52 bits per heavy atom. The predicted molar refractivity (Wildman–Crippen MR) is 112 cm³/mol. The average Bonchev–Trinajstić information content (AvgIpc) is 3.20. The number of benzene rings is 1. The van der Waals surface area contributed by atoms with Crippen LogP contribution in [0, 0.1) is 0 Å². The van der Waals surface area contributed by atoms with E-state index in [2.05, 4.69) is 30.0 Å². The molecule has 6 heteroatoms. The molecule has 0 bridgehead atoms. The maximum absolute atomic E-state index is 12.8. The van der Waals surface area contributed by atoms with E-state index in [9.17, 15) is 9.59 Å². The summed E-state index contributed by atoms with van der Waals surface area (Å²) in [5.41, 5.74) is 2.10. The molecule has 0 atom stereocenters. The van der Waals surface area contributed by atoms with E-state index in [4.69, 9.17) is 0 Å². The van der Waals surface area contributed by atoms with Gasteiger partial charge in [0, 0.05) is 39.0 Å². The van der Waals surface area contributed by atoms with Crippen molar-refractivity contribution >= 4 is 34.4 Å². The summed E-state index contributed by atoms with van der Waals surface area (Å²) in [6, 6.07) is 11.8. The second kappa shape index (κ2) is 9.15. The molecule has 0 saturated heterocycles. The molecule has 1 aromatic heterocycles. The fraction of sp³-hybridized carbons (Fsp3) is 0.429. The van der Waals surface area contributed by atoms with Gasteiger partial charge >= 0.3 is 0 Å². The molecule has 27 heavy (non-hydrogen) atoms. The molecule has 1 aliphatic heterocycles. The summed E-state index contributed by atoms with van der Waals surface area (Å²) in [4.78, 5) is 32.1. The number of thiophene rings is 1. The lowest BCUT2D eigenvalue weighted by atomic mass is 10.1. The quantitative estimate of drug-likeness (QED) is 0.652. The zero-order chi connectivity index (χ0) is 19.2. The molecule has 5 nitrogen and oxygen atoms in total. The molecule has 0 aliphatic carbocycles. The van der Waals surface area contributed by atoms with E-state index in [-0.39, 0.29) is 11.7 Å². The first-order valence-electron chi connectivity index (χ1n) is 9.42. The zero-order valence-corrected chi connectivity index (χ0v) is 16.9. The number of ketones is 1. The van der Waals surface area contributed by atoms with Crippen molar-refractivity contribution in [3.05, 3.63) is 46.7 Å². The molecule has 0 fully saturated rings. The van der Waals surface area contributed by atoms with Crippen LogP contribution >= 0.6 is 11.3 Å². The lowest BCUT2D eigenvalue weighted by molar-refractivity contribution is -0.118. The van der Waals surface area contributed by atoms with Gasteiger partial charge in [-0.05, 0) is 44.1 Å². The summed E-state index contributed by atoms with van der Waals surface area (Å²) in [5.74, 6) is 0.236. The number of hydrogen-bond acceptors (Lipinski definition) is 5. The Morgan fingerprint density at radius 2 is 1.81 bits per heavy atom. The van der Waals surface area contributed by atoms with Crippen molar-refractivity contribution < 1.29 is 9.59 Å². The fourth-order valence-electron chi connectivity index (χ4n) is 3.33. The van der Waals surface area contributed by atoms with Crippen LogP contribution < -0.4 is 9.80 Å². The number of fused-ring (bicyclic) bond motifs is 1. The highest BCUT2D eigenvalue weighted by atomic mass is 32.1. The molecule has 2 aromatic rings. The molecular formula is C21H27N3O2S. The summed E-state index contributed by atoms with van der Waals surface area (Å²) >= 11 is 1.46. The molecule has 0 spiro atoms. The van der Waals surface area contributed by atoms with E-state index in [1.807, 2.05) is 40.6 Å². The van der Waals surface area contributed by atoms with Gasteiger partial charge in [-0.2, -0.15) is 0 Å². The van der Waals surface area contributed by atoms with Crippen molar-refractivity contribution in [2.24, 2.45) is 0 Å². The Hall–Kier alpha value is -2.18. The Labute approximate surface area is 165 Å². The van der Waals surface area contributed by atoms with Gasteiger partial charge in [0.05, 0.1) is 16.3 Å². The van der Waals surface area contributed by atoms with Crippen LogP contribution in [-0.4, -0.2) is 56.9 Å². The third-order valence-electron chi connectivity index (χ3n) is 4.82. The molecule has 1 aromatic carbocycles. The number of nitrogens with zero attached hydrogens (tertiary/aromatic N) is 3. The van der Waals surface area contributed by atoms with Crippen LogP contribution in [-0.2, 0) is 4.79 Å². The van der Waals surface area contributed by atoms with E-state index < -0.39 is 0 Å². The summed E-state index contributed by atoms with van der Waals surface area (Å²) in [5, 5.41) is 1.91. The fourth-order valence-corrected chi connectivity index (χ4v) is 4.02. The number of rotatable bonds is 8. The minimum Gasteiger partial charge on any atom is -0.367 e. The van der Waals surface area contributed by atoms with Crippen LogP contribution in [0.1, 0.15) is 28.9 Å². The van der Waals surface area contributed by atoms with Gasteiger partial charge in [-0.25, -0.2) is 0 Å². The third-order valence-corrected chi connectivity index (χ3v) is 5.73.